The third-order valence-corrected chi connectivity index (χ3v) is 8.48. The van der Waals surface area contributed by atoms with Crippen LogP contribution < -0.4 is 19.9 Å². The summed E-state index contributed by atoms with van der Waals surface area (Å²) in [5.41, 5.74) is 1.57. The first kappa shape index (κ1) is 29.2. The molecule has 5 rings (SSSR count). The third-order valence-electron chi connectivity index (χ3n) is 6.91. The molecule has 0 spiro atoms. The first-order valence-corrected chi connectivity index (χ1v) is 15.3. The molecular weight excluding hydrogens is 559 g/mol. The highest BCUT2D eigenvalue weighted by Crippen LogP contribution is 2.33. The highest BCUT2D eigenvalue weighted by atomic mass is 32.2. The molecule has 0 saturated carbocycles. The Balaban J connectivity index is 1.38. The van der Waals surface area contributed by atoms with E-state index in [2.05, 4.69) is 35.6 Å². The molecule has 42 heavy (non-hydrogen) atoms. The zero-order chi connectivity index (χ0) is 30.1. The summed E-state index contributed by atoms with van der Waals surface area (Å²) in [4.78, 5) is 23.3. The Morgan fingerprint density at radius 3 is 2.48 bits per heavy atom. The van der Waals surface area contributed by atoms with Gasteiger partial charge in [0.1, 0.15) is 0 Å². The van der Waals surface area contributed by atoms with Crippen LogP contribution in [0.1, 0.15) is 38.4 Å². The van der Waals surface area contributed by atoms with E-state index in [1.807, 2.05) is 30.3 Å². The number of benzene rings is 2. The average Bonchev–Trinajstić information content (AvgIpc) is 3.41. The van der Waals surface area contributed by atoms with Crippen LogP contribution >= 0.6 is 0 Å². The number of anilines is 1. The van der Waals surface area contributed by atoms with E-state index < -0.39 is 21.2 Å². The number of nitrogens with zero attached hydrogens (tertiary/aromatic N) is 4. The predicted molar refractivity (Wildman–Crippen MR) is 158 cm³/mol. The van der Waals surface area contributed by atoms with Gasteiger partial charge in [-0.2, -0.15) is 0 Å². The zero-order valence-electron chi connectivity index (χ0n) is 24.0. The second kappa shape index (κ2) is 11.6. The topological polar surface area (TPSA) is 104 Å². The van der Waals surface area contributed by atoms with Gasteiger partial charge in [-0.3, -0.25) is 4.79 Å². The third kappa shape index (κ3) is 6.46. The van der Waals surface area contributed by atoms with E-state index in [-0.39, 0.29) is 41.0 Å². The van der Waals surface area contributed by atoms with E-state index in [1.54, 1.807) is 31.2 Å². The fourth-order valence-corrected chi connectivity index (χ4v) is 6.10. The van der Waals surface area contributed by atoms with Crippen LogP contribution in [0.15, 0.2) is 76.8 Å². The van der Waals surface area contributed by atoms with Crippen molar-refractivity contribution in [3.63, 3.8) is 0 Å². The lowest BCUT2D eigenvalue weighted by Crippen LogP contribution is -2.42. The summed E-state index contributed by atoms with van der Waals surface area (Å²) in [6, 6.07) is 17.7. The van der Waals surface area contributed by atoms with Crippen molar-refractivity contribution in [2.45, 2.75) is 51.4 Å². The predicted octanol–water partition coefficient (Wildman–Crippen LogP) is 5.00. The molecule has 0 radical (unpaired) electrons. The monoisotopic (exact) mass is 592 g/mol. The SMILES string of the molecule is Cc1cc(-c2cc(F)c(=O)n(Cc3ccc4c(c3)OCO4)c2)nc(S(=O)(=O)CCCN(c2ccccc2)C(C)(C)C)n1. The number of rotatable bonds is 9. The summed E-state index contributed by atoms with van der Waals surface area (Å²) in [6.45, 7) is 8.59. The number of pyridine rings is 1. The van der Waals surface area contributed by atoms with Gasteiger partial charge in [-0.05, 0) is 76.1 Å². The van der Waals surface area contributed by atoms with Gasteiger partial charge in [-0.15, -0.1) is 0 Å². The fraction of sp³-hybridized carbons (Fsp3) is 0.323. The molecule has 220 valence electrons. The van der Waals surface area contributed by atoms with Crippen LogP contribution in [-0.4, -0.2) is 47.6 Å². The Morgan fingerprint density at radius 1 is 1.00 bits per heavy atom. The van der Waals surface area contributed by atoms with Gasteiger partial charge in [-0.1, -0.05) is 24.3 Å². The summed E-state index contributed by atoms with van der Waals surface area (Å²) >= 11 is 0. The van der Waals surface area contributed by atoms with E-state index in [4.69, 9.17) is 9.47 Å². The average molecular weight is 593 g/mol. The number of aromatic nitrogens is 3. The van der Waals surface area contributed by atoms with Crippen LogP contribution in [-0.2, 0) is 16.4 Å². The van der Waals surface area contributed by atoms with Gasteiger partial charge in [0.25, 0.3) is 5.56 Å². The van der Waals surface area contributed by atoms with Crippen LogP contribution in [0.5, 0.6) is 11.5 Å². The minimum Gasteiger partial charge on any atom is -0.454 e. The molecule has 11 heteroatoms. The van der Waals surface area contributed by atoms with E-state index >= 15 is 0 Å². The van der Waals surface area contributed by atoms with Crippen molar-refractivity contribution in [3.05, 3.63) is 94.3 Å². The van der Waals surface area contributed by atoms with Crippen molar-refractivity contribution in [2.75, 3.05) is 24.0 Å². The summed E-state index contributed by atoms with van der Waals surface area (Å²) < 4.78 is 53.5. The van der Waals surface area contributed by atoms with Gasteiger partial charge in [0.2, 0.25) is 21.8 Å². The first-order valence-electron chi connectivity index (χ1n) is 13.6. The summed E-state index contributed by atoms with van der Waals surface area (Å²) in [5.74, 6) is 0.0140. The van der Waals surface area contributed by atoms with E-state index in [0.717, 1.165) is 11.8 Å². The molecule has 0 N–H and O–H groups in total. The molecular formula is C31H33FN4O5S. The molecule has 9 nitrogen and oxygen atoms in total. The Morgan fingerprint density at radius 2 is 1.74 bits per heavy atom. The van der Waals surface area contributed by atoms with Gasteiger partial charge in [-0.25, -0.2) is 22.8 Å². The molecule has 2 aromatic carbocycles. The van der Waals surface area contributed by atoms with Gasteiger partial charge < -0.3 is 18.9 Å². The number of ether oxygens (including phenoxy) is 2. The minimum atomic E-state index is -3.86. The largest absolute Gasteiger partial charge is 0.454 e. The van der Waals surface area contributed by atoms with Crippen molar-refractivity contribution in [3.8, 4) is 22.8 Å². The van der Waals surface area contributed by atoms with Crippen molar-refractivity contribution < 1.29 is 22.3 Å². The van der Waals surface area contributed by atoms with E-state index in [1.165, 1.54) is 10.8 Å². The van der Waals surface area contributed by atoms with Gasteiger partial charge in [0.05, 0.1) is 18.0 Å². The normalized spacial score (nSPS) is 12.9. The molecule has 3 heterocycles. The number of halogens is 1. The maximum absolute atomic E-state index is 14.8. The van der Waals surface area contributed by atoms with Crippen molar-refractivity contribution in [1.82, 2.24) is 14.5 Å². The number of sulfone groups is 1. The van der Waals surface area contributed by atoms with Gasteiger partial charge in [0.15, 0.2) is 17.3 Å². The van der Waals surface area contributed by atoms with Gasteiger partial charge in [0, 0.05) is 35.2 Å². The Kier molecular flexibility index (Phi) is 8.05. The molecule has 0 fully saturated rings. The molecule has 0 amide bonds. The lowest BCUT2D eigenvalue weighted by molar-refractivity contribution is 0.174. The maximum atomic E-state index is 14.8. The van der Waals surface area contributed by atoms with Crippen molar-refractivity contribution >= 4 is 15.5 Å². The lowest BCUT2D eigenvalue weighted by atomic mass is 10.0. The Hall–Kier alpha value is -4.25. The molecule has 2 aromatic heterocycles. The number of para-hydroxylation sites is 1. The summed E-state index contributed by atoms with van der Waals surface area (Å²) in [5, 5.41) is -0.326. The van der Waals surface area contributed by atoms with Crippen LogP contribution in [0.25, 0.3) is 11.3 Å². The quantitative estimate of drug-likeness (QED) is 0.250. The van der Waals surface area contributed by atoms with E-state index in [0.29, 0.717) is 35.7 Å². The molecule has 0 atom stereocenters. The summed E-state index contributed by atoms with van der Waals surface area (Å²) in [7, 11) is -3.86. The molecule has 1 aliphatic rings. The highest BCUT2D eigenvalue weighted by Gasteiger charge is 2.25. The Labute approximate surface area is 244 Å². The maximum Gasteiger partial charge on any atom is 0.286 e. The smallest absolute Gasteiger partial charge is 0.286 e. The van der Waals surface area contributed by atoms with Gasteiger partial charge >= 0.3 is 0 Å². The number of fused-ring (bicyclic) bond motifs is 1. The minimum absolute atomic E-state index is 0.0706. The van der Waals surface area contributed by atoms with Crippen molar-refractivity contribution in [2.24, 2.45) is 0 Å². The first-order chi connectivity index (χ1) is 19.9. The standard InChI is InChI=1S/C31H33FN4O5S/c1-21-15-26(23-17-25(32)29(37)35(19-23)18-22-11-12-27-28(16-22)41-20-40-27)34-30(33-21)42(38,39)14-8-13-36(31(2,3)4)24-9-6-5-7-10-24/h5-7,9-12,15-17,19H,8,13-14,18,20H2,1-4H3. The zero-order valence-corrected chi connectivity index (χ0v) is 24.8. The van der Waals surface area contributed by atoms with Crippen molar-refractivity contribution in [1.29, 1.82) is 0 Å². The van der Waals surface area contributed by atoms with Crippen LogP contribution in [0.2, 0.25) is 0 Å². The second-order valence-corrected chi connectivity index (χ2v) is 13.2. The molecule has 0 bridgehead atoms. The molecule has 0 saturated heterocycles. The molecule has 4 aromatic rings. The summed E-state index contributed by atoms with van der Waals surface area (Å²) in [6.07, 6.45) is 1.82. The second-order valence-electron chi connectivity index (χ2n) is 11.2. The number of hydrogen-bond donors (Lipinski definition) is 0. The molecule has 0 aliphatic carbocycles. The number of hydrogen-bond acceptors (Lipinski definition) is 8. The van der Waals surface area contributed by atoms with E-state index in [9.17, 15) is 17.6 Å². The van der Waals surface area contributed by atoms with Crippen LogP contribution in [0.3, 0.4) is 0 Å². The lowest BCUT2D eigenvalue weighted by Gasteiger charge is -2.38. The van der Waals surface area contributed by atoms with Crippen LogP contribution in [0, 0.1) is 12.7 Å². The fourth-order valence-electron chi connectivity index (χ4n) is 4.88. The molecule has 1 aliphatic heterocycles. The molecule has 0 unspecified atom stereocenters. The highest BCUT2D eigenvalue weighted by molar-refractivity contribution is 7.91. The number of aryl methyl sites for hydroxylation is 1. The Bertz CT molecular complexity index is 1770. The van der Waals surface area contributed by atoms with Crippen LogP contribution in [0.4, 0.5) is 10.1 Å².